The molecular weight excluding hydrogens is 409 g/mol. The number of hydrogen-bond acceptors (Lipinski definition) is 4. The number of amides is 1. The van der Waals surface area contributed by atoms with Gasteiger partial charge in [0.15, 0.2) is 0 Å². The summed E-state index contributed by atoms with van der Waals surface area (Å²) in [6.45, 7) is -0.147. The lowest BCUT2D eigenvalue weighted by Crippen LogP contribution is -2.38. The molecule has 30 heavy (non-hydrogen) atoms. The van der Waals surface area contributed by atoms with E-state index in [-0.39, 0.29) is 41.2 Å². The van der Waals surface area contributed by atoms with E-state index in [1.165, 1.54) is 23.0 Å². The topological polar surface area (TPSA) is 68.3 Å². The molecule has 0 atom stereocenters. The first-order valence-electron chi connectivity index (χ1n) is 9.62. The van der Waals surface area contributed by atoms with Crippen LogP contribution in [0.3, 0.4) is 0 Å². The van der Waals surface area contributed by atoms with Gasteiger partial charge in [-0.15, -0.1) is 0 Å². The molecule has 152 valence electrons. The summed E-state index contributed by atoms with van der Waals surface area (Å²) in [6.07, 6.45) is 3.03. The molecule has 0 aliphatic heterocycles. The summed E-state index contributed by atoms with van der Waals surface area (Å²) in [5.74, 6) is -0.750. The Kier molecular flexibility index (Phi) is 4.55. The molecular formula is C22H17ClFN3O3. The summed E-state index contributed by atoms with van der Waals surface area (Å²) in [7, 11) is 0. The molecule has 0 N–H and O–H groups in total. The van der Waals surface area contributed by atoms with E-state index >= 15 is 0 Å². The highest BCUT2D eigenvalue weighted by Gasteiger charge is 2.33. The van der Waals surface area contributed by atoms with Crippen LogP contribution in [0.15, 0.2) is 58.0 Å². The number of carbonyl (C=O) groups is 1. The number of para-hydroxylation sites is 1. The molecule has 0 unspecified atom stereocenters. The first kappa shape index (κ1) is 18.8. The number of aromatic nitrogens is 2. The number of hydrogen-bond donors (Lipinski definition) is 0. The summed E-state index contributed by atoms with van der Waals surface area (Å²) in [5, 5.41) is 1.02. The highest BCUT2D eigenvalue weighted by Crippen LogP contribution is 2.31. The van der Waals surface area contributed by atoms with E-state index in [0.717, 1.165) is 18.2 Å². The second-order valence-electron chi connectivity index (χ2n) is 7.41. The third kappa shape index (κ3) is 3.25. The second kappa shape index (κ2) is 7.25. The van der Waals surface area contributed by atoms with E-state index in [1.54, 1.807) is 17.0 Å². The SMILES string of the molecule is O=C(Cn1cnc2c(oc3ccccc32)c1=O)N(Cc1c(F)cccc1Cl)C1CC1. The minimum atomic E-state index is -0.455. The zero-order chi connectivity index (χ0) is 20.8. The fourth-order valence-electron chi connectivity index (χ4n) is 3.63. The number of halogens is 2. The number of fused-ring (bicyclic) bond motifs is 3. The molecule has 0 radical (unpaired) electrons. The predicted molar refractivity (Wildman–Crippen MR) is 111 cm³/mol. The number of benzene rings is 2. The van der Waals surface area contributed by atoms with Gasteiger partial charge in [0, 0.05) is 22.0 Å². The summed E-state index contributed by atoms with van der Waals surface area (Å²) < 4.78 is 21.1. The molecule has 6 nitrogen and oxygen atoms in total. The minimum absolute atomic E-state index is 0.0202. The number of furan rings is 1. The highest BCUT2D eigenvalue weighted by atomic mass is 35.5. The van der Waals surface area contributed by atoms with Gasteiger partial charge in [0.1, 0.15) is 23.5 Å². The van der Waals surface area contributed by atoms with E-state index in [0.29, 0.717) is 11.1 Å². The summed E-state index contributed by atoms with van der Waals surface area (Å²) in [6, 6.07) is 11.7. The van der Waals surface area contributed by atoms with Crippen molar-refractivity contribution < 1.29 is 13.6 Å². The molecule has 2 aromatic heterocycles. The van der Waals surface area contributed by atoms with Gasteiger partial charge in [-0.25, -0.2) is 9.37 Å². The van der Waals surface area contributed by atoms with Crippen LogP contribution in [-0.2, 0) is 17.9 Å². The van der Waals surface area contributed by atoms with Crippen molar-refractivity contribution in [2.45, 2.75) is 32.0 Å². The Hall–Kier alpha value is -3.19. The third-order valence-electron chi connectivity index (χ3n) is 5.35. The molecule has 1 fully saturated rings. The van der Waals surface area contributed by atoms with Crippen LogP contribution in [-0.4, -0.2) is 26.4 Å². The van der Waals surface area contributed by atoms with Crippen LogP contribution < -0.4 is 5.56 Å². The van der Waals surface area contributed by atoms with Crippen molar-refractivity contribution in [2.75, 3.05) is 0 Å². The van der Waals surface area contributed by atoms with E-state index in [4.69, 9.17) is 16.0 Å². The first-order chi connectivity index (χ1) is 14.5. The molecule has 0 bridgehead atoms. The molecule has 5 rings (SSSR count). The molecule has 4 aromatic rings. The van der Waals surface area contributed by atoms with Crippen LogP contribution in [0, 0.1) is 5.82 Å². The van der Waals surface area contributed by atoms with Gasteiger partial charge < -0.3 is 9.32 Å². The minimum Gasteiger partial charge on any atom is -0.448 e. The standard InChI is InChI=1S/C22H17ClFN3O3/c23-16-5-3-6-17(24)15(16)10-27(13-8-9-13)19(28)11-26-12-25-20-14-4-1-2-7-18(14)30-21(20)22(26)29/h1-7,12-13H,8-11H2. The maximum absolute atomic E-state index is 14.2. The van der Waals surface area contributed by atoms with Gasteiger partial charge in [0.2, 0.25) is 11.5 Å². The Labute approximate surface area is 175 Å². The van der Waals surface area contributed by atoms with E-state index in [1.807, 2.05) is 18.2 Å². The van der Waals surface area contributed by atoms with Crippen molar-refractivity contribution in [3.8, 4) is 0 Å². The Bertz CT molecular complexity index is 1320. The van der Waals surface area contributed by atoms with Crippen molar-refractivity contribution in [1.82, 2.24) is 14.5 Å². The monoisotopic (exact) mass is 425 g/mol. The van der Waals surface area contributed by atoms with Crippen molar-refractivity contribution in [3.05, 3.63) is 75.5 Å². The Balaban J connectivity index is 1.46. The zero-order valence-corrected chi connectivity index (χ0v) is 16.6. The van der Waals surface area contributed by atoms with Crippen LogP contribution in [0.25, 0.3) is 22.1 Å². The van der Waals surface area contributed by atoms with Gasteiger partial charge in [-0.3, -0.25) is 14.2 Å². The number of carbonyl (C=O) groups excluding carboxylic acids is 1. The van der Waals surface area contributed by atoms with Crippen LogP contribution in [0.1, 0.15) is 18.4 Å². The smallest absolute Gasteiger partial charge is 0.297 e. The molecule has 1 aliphatic rings. The molecule has 0 spiro atoms. The number of rotatable bonds is 5. The van der Waals surface area contributed by atoms with Crippen molar-refractivity contribution >= 4 is 39.6 Å². The van der Waals surface area contributed by atoms with Crippen LogP contribution in [0.5, 0.6) is 0 Å². The van der Waals surface area contributed by atoms with Crippen molar-refractivity contribution in [3.63, 3.8) is 0 Å². The maximum atomic E-state index is 14.2. The van der Waals surface area contributed by atoms with Gasteiger partial charge in [-0.2, -0.15) is 0 Å². The van der Waals surface area contributed by atoms with Crippen LogP contribution >= 0.6 is 11.6 Å². The van der Waals surface area contributed by atoms with E-state index in [9.17, 15) is 14.0 Å². The Morgan fingerprint density at radius 3 is 2.80 bits per heavy atom. The largest absolute Gasteiger partial charge is 0.448 e. The third-order valence-corrected chi connectivity index (χ3v) is 5.71. The van der Waals surface area contributed by atoms with Crippen molar-refractivity contribution in [1.29, 1.82) is 0 Å². The first-order valence-corrected chi connectivity index (χ1v) is 10.00. The second-order valence-corrected chi connectivity index (χ2v) is 7.81. The fourth-order valence-corrected chi connectivity index (χ4v) is 3.85. The summed E-state index contributed by atoms with van der Waals surface area (Å²) >= 11 is 6.14. The lowest BCUT2D eigenvalue weighted by molar-refractivity contribution is -0.133. The van der Waals surface area contributed by atoms with Gasteiger partial charge in [0.25, 0.3) is 5.56 Å². The van der Waals surface area contributed by atoms with Crippen LogP contribution in [0.4, 0.5) is 4.39 Å². The average molecular weight is 426 g/mol. The van der Waals surface area contributed by atoms with E-state index < -0.39 is 11.4 Å². The normalized spacial score (nSPS) is 13.8. The molecule has 1 amide bonds. The van der Waals surface area contributed by atoms with Gasteiger partial charge in [0.05, 0.1) is 12.9 Å². The highest BCUT2D eigenvalue weighted by molar-refractivity contribution is 6.31. The zero-order valence-electron chi connectivity index (χ0n) is 15.8. The lowest BCUT2D eigenvalue weighted by atomic mass is 10.2. The van der Waals surface area contributed by atoms with Gasteiger partial charge >= 0.3 is 0 Å². The molecule has 1 aliphatic carbocycles. The molecule has 8 heteroatoms. The molecule has 1 saturated carbocycles. The Morgan fingerprint density at radius 1 is 1.23 bits per heavy atom. The van der Waals surface area contributed by atoms with Gasteiger partial charge in [-0.05, 0) is 37.1 Å². The predicted octanol–water partition coefficient (Wildman–Crippen LogP) is 4.13. The van der Waals surface area contributed by atoms with Crippen molar-refractivity contribution in [2.24, 2.45) is 0 Å². The summed E-state index contributed by atoms with van der Waals surface area (Å²) in [5.41, 5.74) is 0.995. The number of nitrogens with zero attached hydrogens (tertiary/aromatic N) is 3. The van der Waals surface area contributed by atoms with Crippen LogP contribution in [0.2, 0.25) is 5.02 Å². The lowest BCUT2D eigenvalue weighted by Gasteiger charge is -2.23. The molecule has 2 aromatic carbocycles. The average Bonchev–Trinajstić information content (AvgIpc) is 3.50. The van der Waals surface area contributed by atoms with Gasteiger partial charge in [-0.1, -0.05) is 29.8 Å². The quantitative estimate of drug-likeness (QED) is 0.482. The van der Waals surface area contributed by atoms with E-state index in [2.05, 4.69) is 4.98 Å². The molecule has 0 saturated heterocycles. The Morgan fingerprint density at radius 2 is 2.03 bits per heavy atom. The fraction of sp³-hybridized carbons (Fsp3) is 0.227. The maximum Gasteiger partial charge on any atom is 0.297 e. The molecule has 2 heterocycles. The summed E-state index contributed by atoms with van der Waals surface area (Å²) in [4.78, 5) is 31.8.